The van der Waals surface area contributed by atoms with Crippen LogP contribution in [-0.2, 0) is 16.0 Å². The zero-order valence-electron chi connectivity index (χ0n) is 15.9. The topological polar surface area (TPSA) is 64.6 Å². The van der Waals surface area contributed by atoms with Crippen LogP contribution in [-0.4, -0.2) is 31.1 Å². The summed E-state index contributed by atoms with van der Waals surface area (Å²) >= 11 is 0. The van der Waals surface area contributed by atoms with Gasteiger partial charge in [-0.05, 0) is 56.0 Å². The van der Waals surface area contributed by atoms with Gasteiger partial charge in [-0.3, -0.25) is 4.79 Å². The van der Waals surface area contributed by atoms with Gasteiger partial charge < -0.3 is 14.8 Å². The highest BCUT2D eigenvalue weighted by atomic mass is 16.5. The van der Waals surface area contributed by atoms with Crippen molar-refractivity contribution in [2.45, 2.75) is 39.2 Å². The largest absolute Gasteiger partial charge is 0.494 e. The Labute approximate surface area is 160 Å². The third-order valence-electron chi connectivity index (χ3n) is 4.01. The first-order valence-corrected chi connectivity index (χ1v) is 9.31. The lowest BCUT2D eigenvalue weighted by Crippen LogP contribution is -2.36. The van der Waals surface area contributed by atoms with Crippen LogP contribution in [0.5, 0.6) is 5.75 Å². The number of aryl methyl sites for hydroxylation is 1. The summed E-state index contributed by atoms with van der Waals surface area (Å²) in [5, 5.41) is 2.85. The van der Waals surface area contributed by atoms with Crippen molar-refractivity contribution >= 4 is 11.9 Å². The van der Waals surface area contributed by atoms with Gasteiger partial charge in [0.2, 0.25) is 0 Å². The van der Waals surface area contributed by atoms with Crippen LogP contribution in [0.15, 0.2) is 54.6 Å². The van der Waals surface area contributed by atoms with Crippen molar-refractivity contribution < 1.29 is 19.1 Å². The van der Waals surface area contributed by atoms with Crippen molar-refractivity contribution in [3.63, 3.8) is 0 Å². The number of ether oxygens (including phenoxy) is 2. The molecule has 0 aliphatic heterocycles. The predicted molar refractivity (Wildman–Crippen MR) is 105 cm³/mol. The summed E-state index contributed by atoms with van der Waals surface area (Å²) in [5.74, 6) is -0.116. The van der Waals surface area contributed by atoms with Crippen LogP contribution in [0.4, 0.5) is 0 Å². The lowest BCUT2D eigenvalue weighted by atomic mass is 10.1. The molecule has 0 aliphatic rings. The molecule has 0 heterocycles. The van der Waals surface area contributed by atoms with E-state index in [2.05, 4.69) is 17.4 Å². The van der Waals surface area contributed by atoms with Crippen molar-refractivity contribution in [2.24, 2.45) is 0 Å². The van der Waals surface area contributed by atoms with Crippen LogP contribution < -0.4 is 10.1 Å². The monoisotopic (exact) mass is 369 g/mol. The van der Waals surface area contributed by atoms with E-state index < -0.39 is 5.97 Å². The quantitative estimate of drug-likeness (QED) is 0.648. The summed E-state index contributed by atoms with van der Waals surface area (Å²) < 4.78 is 10.6. The van der Waals surface area contributed by atoms with Gasteiger partial charge in [-0.25, -0.2) is 4.79 Å². The fourth-order valence-corrected chi connectivity index (χ4v) is 2.54. The highest BCUT2D eigenvalue weighted by Crippen LogP contribution is 2.13. The fourth-order valence-electron chi connectivity index (χ4n) is 2.54. The molecule has 0 radical (unpaired) electrons. The van der Waals surface area contributed by atoms with Gasteiger partial charge in [0.25, 0.3) is 5.91 Å². The zero-order valence-corrected chi connectivity index (χ0v) is 15.9. The number of hydrogen-bond donors (Lipinski definition) is 1. The van der Waals surface area contributed by atoms with Gasteiger partial charge in [0.15, 0.2) is 6.61 Å². The maximum Gasteiger partial charge on any atom is 0.338 e. The van der Waals surface area contributed by atoms with Gasteiger partial charge in [-0.1, -0.05) is 37.3 Å². The smallest absolute Gasteiger partial charge is 0.338 e. The van der Waals surface area contributed by atoms with Crippen LogP contribution in [0, 0.1) is 0 Å². The molecule has 2 aromatic rings. The molecule has 1 amide bonds. The number of carbonyl (C=O) groups is 2. The molecule has 1 N–H and O–H groups in total. The van der Waals surface area contributed by atoms with Crippen LogP contribution in [0.25, 0.3) is 0 Å². The van der Waals surface area contributed by atoms with E-state index >= 15 is 0 Å². The number of amides is 1. The second kappa shape index (κ2) is 11.0. The lowest BCUT2D eigenvalue weighted by molar-refractivity contribution is -0.124. The van der Waals surface area contributed by atoms with Gasteiger partial charge in [0, 0.05) is 6.04 Å². The van der Waals surface area contributed by atoms with Crippen molar-refractivity contribution in [1.82, 2.24) is 5.32 Å². The maximum absolute atomic E-state index is 12.0. The van der Waals surface area contributed by atoms with Gasteiger partial charge >= 0.3 is 5.97 Å². The molecular formula is C22H27NO4. The summed E-state index contributed by atoms with van der Waals surface area (Å²) in [5.41, 5.74) is 1.63. The average Bonchev–Trinajstić information content (AvgIpc) is 2.70. The first-order chi connectivity index (χ1) is 13.1. The molecule has 0 saturated heterocycles. The van der Waals surface area contributed by atoms with Crippen LogP contribution in [0.3, 0.4) is 0 Å². The third-order valence-corrected chi connectivity index (χ3v) is 4.01. The molecule has 2 aromatic carbocycles. The summed E-state index contributed by atoms with van der Waals surface area (Å²) in [6.45, 7) is 4.31. The number of nitrogens with one attached hydrogen (secondary N) is 1. The van der Waals surface area contributed by atoms with Crippen molar-refractivity contribution in [3.8, 4) is 5.75 Å². The Bertz CT molecular complexity index is 713. The first-order valence-electron chi connectivity index (χ1n) is 9.31. The van der Waals surface area contributed by atoms with Crippen LogP contribution >= 0.6 is 0 Å². The van der Waals surface area contributed by atoms with E-state index in [1.165, 1.54) is 5.56 Å². The molecule has 27 heavy (non-hydrogen) atoms. The summed E-state index contributed by atoms with van der Waals surface area (Å²) in [6.07, 6.45) is 2.63. The molecule has 0 spiro atoms. The standard InChI is InChI=1S/C22H27NO4/c1-3-15-26-20-13-11-19(12-14-20)22(25)27-16-21(24)23-17(2)9-10-18-7-5-4-6-8-18/h4-8,11-14,17H,3,9-10,15-16H2,1-2H3,(H,23,24)/t17-/m1/s1. The molecule has 1 atom stereocenters. The summed E-state index contributed by atoms with van der Waals surface area (Å²) in [7, 11) is 0. The number of hydrogen-bond acceptors (Lipinski definition) is 4. The van der Waals surface area contributed by atoms with Gasteiger partial charge in [-0.2, -0.15) is 0 Å². The van der Waals surface area contributed by atoms with E-state index in [-0.39, 0.29) is 18.6 Å². The molecule has 2 rings (SSSR count). The van der Waals surface area contributed by atoms with Crippen LogP contribution in [0.2, 0.25) is 0 Å². The second-order valence-corrected chi connectivity index (χ2v) is 6.44. The average molecular weight is 369 g/mol. The minimum absolute atomic E-state index is 0.00593. The van der Waals surface area contributed by atoms with E-state index in [9.17, 15) is 9.59 Å². The van der Waals surface area contributed by atoms with E-state index in [4.69, 9.17) is 9.47 Å². The van der Waals surface area contributed by atoms with Gasteiger partial charge in [0.1, 0.15) is 5.75 Å². The molecule has 0 aliphatic carbocycles. The summed E-state index contributed by atoms with van der Waals surface area (Å²) in [4.78, 5) is 24.0. The molecule has 0 unspecified atom stereocenters. The van der Waals surface area contributed by atoms with E-state index in [1.54, 1.807) is 24.3 Å². The van der Waals surface area contributed by atoms with Crippen molar-refractivity contribution in [1.29, 1.82) is 0 Å². The van der Waals surface area contributed by atoms with Gasteiger partial charge in [-0.15, -0.1) is 0 Å². The van der Waals surface area contributed by atoms with Crippen LogP contribution in [0.1, 0.15) is 42.6 Å². The molecule has 5 heteroatoms. The Hall–Kier alpha value is -2.82. The Kier molecular flexibility index (Phi) is 8.36. The highest BCUT2D eigenvalue weighted by molar-refractivity contribution is 5.91. The van der Waals surface area contributed by atoms with E-state index in [0.29, 0.717) is 17.9 Å². The number of carbonyl (C=O) groups excluding carboxylic acids is 2. The maximum atomic E-state index is 12.0. The normalized spacial score (nSPS) is 11.5. The summed E-state index contributed by atoms with van der Waals surface area (Å²) in [6, 6.07) is 16.8. The Morgan fingerprint density at radius 1 is 1.04 bits per heavy atom. The Balaban J connectivity index is 1.70. The molecule has 5 nitrogen and oxygen atoms in total. The molecule has 0 aromatic heterocycles. The minimum atomic E-state index is -0.524. The van der Waals surface area contributed by atoms with Crippen molar-refractivity contribution in [2.75, 3.05) is 13.2 Å². The molecule has 144 valence electrons. The number of benzene rings is 2. The number of esters is 1. The zero-order chi connectivity index (χ0) is 19.5. The molecular weight excluding hydrogens is 342 g/mol. The van der Waals surface area contributed by atoms with Gasteiger partial charge in [0.05, 0.1) is 12.2 Å². The molecule has 0 bridgehead atoms. The molecule has 0 saturated carbocycles. The minimum Gasteiger partial charge on any atom is -0.494 e. The Morgan fingerprint density at radius 2 is 1.74 bits per heavy atom. The fraction of sp³-hybridized carbons (Fsp3) is 0.364. The Morgan fingerprint density at radius 3 is 2.41 bits per heavy atom. The second-order valence-electron chi connectivity index (χ2n) is 6.44. The highest BCUT2D eigenvalue weighted by Gasteiger charge is 2.12. The molecule has 0 fully saturated rings. The third kappa shape index (κ3) is 7.52. The predicted octanol–water partition coefficient (Wildman–Crippen LogP) is 3.77. The van der Waals surface area contributed by atoms with E-state index in [0.717, 1.165) is 19.3 Å². The first kappa shape index (κ1) is 20.5. The van der Waals surface area contributed by atoms with Crippen molar-refractivity contribution in [3.05, 3.63) is 65.7 Å². The lowest BCUT2D eigenvalue weighted by Gasteiger charge is -2.14. The number of rotatable bonds is 10. The van der Waals surface area contributed by atoms with E-state index in [1.807, 2.05) is 32.0 Å². The SMILES string of the molecule is CCCOc1ccc(C(=O)OCC(=O)N[C@H](C)CCc2ccccc2)cc1.